The predicted octanol–water partition coefficient (Wildman–Crippen LogP) is 1.07. The molecule has 3 N–H and O–H groups in total. The lowest BCUT2D eigenvalue weighted by Gasteiger charge is -2.26. The zero-order valence-corrected chi connectivity index (χ0v) is 11.7. The van der Waals surface area contributed by atoms with E-state index in [4.69, 9.17) is 10.9 Å². The number of rotatable bonds is 5. The third-order valence-corrected chi connectivity index (χ3v) is 5.11. The molecule has 5 nitrogen and oxygen atoms in total. The van der Waals surface area contributed by atoms with Crippen molar-refractivity contribution in [1.82, 2.24) is 9.80 Å². The number of amidine groups is 1. The molecule has 1 unspecified atom stereocenters. The minimum Gasteiger partial charge on any atom is -0.409 e. The molecule has 1 aliphatic carbocycles. The first-order chi connectivity index (χ1) is 9.21. The number of nitrogens with two attached hydrogens (primary N) is 1. The molecule has 0 bridgehead atoms. The van der Waals surface area contributed by atoms with E-state index in [0.717, 1.165) is 19.0 Å². The molecular formula is C14H26N4O. The van der Waals surface area contributed by atoms with E-state index in [0.29, 0.717) is 11.3 Å². The molecule has 2 saturated heterocycles. The molecule has 0 aromatic carbocycles. The van der Waals surface area contributed by atoms with Gasteiger partial charge in [-0.15, -0.1) is 0 Å². The second-order valence-corrected chi connectivity index (χ2v) is 6.69. The van der Waals surface area contributed by atoms with Crippen molar-refractivity contribution >= 4 is 5.84 Å². The molecule has 0 aromatic heterocycles. The standard InChI is InChI=1S/C14H26N4O/c15-13(16-19)9-14(4-5-14)11-17-8-3-12(10-17)18-6-1-2-7-18/h12,19H,1-11H2,(H2,15,16). The summed E-state index contributed by atoms with van der Waals surface area (Å²) in [6, 6.07) is 0.780. The topological polar surface area (TPSA) is 65.1 Å². The summed E-state index contributed by atoms with van der Waals surface area (Å²) in [4.78, 5) is 5.27. The third-order valence-electron chi connectivity index (χ3n) is 5.11. The van der Waals surface area contributed by atoms with Crippen LogP contribution in [0.2, 0.25) is 0 Å². The summed E-state index contributed by atoms with van der Waals surface area (Å²) in [5.74, 6) is 0.396. The van der Waals surface area contributed by atoms with E-state index in [1.807, 2.05) is 0 Å². The van der Waals surface area contributed by atoms with Crippen LogP contribution in [0.5, 0.6) is 0 Å². The van der Waals surface area contributed by atoms with Gasteiger partial charge in [0, 0.05) is 25.6 Å². The van der Waals surface area contributed by atoms with E-state index in [2.05, 4.69) is 15.0 Å². The Morgan fingerprint density at radius 3 is 2.63 bits per heavy atom. The molecule has 2 aliphatic heterocycles. The molecule has 3 rings (SSSR count). The van der Waals surface area contributed by atoms with Crippen LogP contribution in [0.4, 0.5) is 0 Å². The molecule has 1 atom stereocenters. The molecule has 2 heterocycles. The lowest BCUT2D eigenvalue weighted by molar-refractivity contribution is 0.213. The molecule has 0 amide bonds. The van der Waals surface area contributed by atoms with Crippen molar-refractivity contribution in [1.29, 1.82) is 0 Å². The van der Waals surface area contributed by atoms with Crippen molar-refractivity contribution in [2.45, 2.75) is 44.6 Å². The van der Waals surface area contributed by atoms with E-state index >= 15 is 0 Å². The van der Waals surface area contributed by atoms with Gasteiger partial charge >= 0.3 is 0 Å². The summed E-state index contributed by atoms with van der Waals surface area (Å²) in [6.07, 6.45) is 7.30. The highest BCUT2D eigenvalue weighted by Gasteiger charge is 2.45. The molecule has 19 heavy (non-hydrogen) atoms. The van der Waals surface area contributed by atoms with Crippen LogP contribution in [0.15, 0.2) is 5.16 Å². The first-order valence-electron chi connectivity index (χ1n) is 7.64. The lowest BCUT2D eigenvalue weighted by Crippen LogP contribution is -2.37. The molecule has 1 saturated carbocycles. The fourth-order valence-electron chi connectivity index (χ4n) is 3.82. The van der Waals surface area contributed by atoms with Crippen LogP contribution >= 0.6 is 0 Å². The van der Waals surface area contributed by atoms with Gasteiger partial charge in [0.15, 0.2) is 0 Å². The number of hydrogen-bond donors (Lipinski definition) is 2. The van der Waals surface area contributed by atoms with Crippen molar-refractivity contribution < 1.29 is 5.21 Å². The first kappa shape index (κ1) is 13.2. The zero-order chi connectivity index (χ0) is 13.3. The van der Waals surface area contributed by atoms with Gasteiger partial charge in [0.25, 0.3) is 0 Å². The maximum Gasteiger partial charge on any atom is 0.139 e. The lowest BCUT2D eigenvalue weighted by atomic mass is 10.0. The van der Waals surface area contributed by atoms with Crippen LogP contribution in [-0.2, 0) is 0 Å². The molecular weight excluding hydrogens is 240 g/mol. The summed E-state index contributed by atoms with van der Waals surface area (Å²) in [5, 5.41) is 11.8. The molecule has 0 spiro atoms. The predicted molar refractivity (Wildman–Crippen MR) is 75.3 cm³/mol. The monoisotopic (exact) mass is 266 g/mol. The quantitative estimate of drug-likeness (QED) is 0.338. The van der Waals surface area contributed by atoms with Gasteiger partial charge < -0.3 is 15.8 Å². The van der Waals surface area contributed by atoms with Gasteiger partial charge in [0.1, 0.15) is 5.84 Å². The fraction of sp³-hybridized carbons (Fsp3) is 0.929. The highest BCUT2D eigenvalue weighted by Crippen LogP contribution is 2.49. The summed E-state index contributed by atoms with van der Waals surface area (Å²) in [7, 11) is 0. The maximum atomic E-state index is 8.72. The van der Waals surface area contributed by atoms with Crippen LogP contribution in [0.25, 0.3) is 0 Å². The molecule has 0 radical (unpaired) electrons. The summed E-state index contributed by atoms with van der Waals surface area (Å²) in [6.45, 7) is 6.17. The minimum absolute atomic E-state index is 0.316. The Bertz CT molecular complexity index is 347. The van der Waals surface area contributed by atoms with Crippen LogP contribution < -0.4 is 5.73 Å². The largest absolute Gasteiger partial charge is 0.409 e. The van der Waals surface area contributed by atoms with Crippen LogP contribution in [0.3, 0.4) is 0 Å². The number of oxime groups is 1. The average molecular weight is 266 g/mol. The van der Waals surface area contributed by atoms with Crippen LogP contribution in [0.1, 0.15) is 38.5 Å². The van der Waals surface area contributed by atoms with Gasteiger partial charge in [-0.1, -0.05) is 5.16 Å². The maximum absolute atomic E-state index is 8.72. The van der Waals surface area contributed by atoms with E-state index in [1.165, 1.54) is 58.3 Å². The minimum atomic E-state index is 0.316. The van der Waals surface area contributed by atoms with Gasteiger partial charge in [0.05, 0.1) is 0 Å². The van der Waals surface area contributed by atoms with Crippen LogP contribution in [0, 0.1) is 5.41 Å². The Hall–Kier alpha value is -0.810. The summed E-state index contributed by atoms with van der Waals surface area (Å²) in [5.41, 5.74) is 5.99. The Morgan fingerprint density at radius 2 is 2.00 bits per heavy atom. The van der Waals surface area contributed by atoms with Crippen molar-refractivity contribution in [2.24, 2.45) is 16.3 Å². The van der Waals surface area contributed by atoms with E-state index in [1.54, 1.807) is 0 Å². The number of nitrogens with zero attached hydrogens (tertiary/aromatic N) is 3. The Balaban J connectivity index is 1.49. The highest BCUT2D eigenvalue weighted by molar-refractivity contribution is 5.80. The molecule has 3 aliphatic rings. The molecule has 108 valence electrons. The van der Waals surface area contributed by atoms with E-state index in [9.17, 15) is 0 Å². The Labute approximate surface area is 115 Å². The van der Waals surface area contributed by atoms with E-state index in [-0.39, 0.29) is 0 Å². The summed E-state index contributed by atoms with van der Waals surface area (Å²) >= 11 is 0. The van der Waals surface area contributed by atoms with Crippen molar-refractivity contribution in [2.75, 3.05) is 32.7 Å². The number of hydrogen-bond acceptors (Lipinski definition) is 4. The normalized spacial score (nSPS) is 32.0. The van der Waals surface area contributed by atoms with Crippen molar-refractivity contribution in [3.8, 4) is 0 Å². The molecule has 3 fully saturated rings. The van der Waals surface area contributed by atoms with Gasteiger partial charge in [-0.3, -0.25) is 4.90 Å². The zero-order valence-electron chi connectivity index (χ0n) is 11.7. The van der Waals surface area contributed by atoms with Gasteiger partial charge in [0.2, 0.25) is 0 Å². The van der Waals surface area contributed by atoms with Crippen LogP contribution in [-0.4, -0.2) is 59.6 Å². The second kappa shape index (κ2) is 5.29. The highest BCUT2D eigenvalue weighted by atomic mass is 16.4. The molecule has 0 aromatic rings. The van der Waals surface area contributed by atoms with Gasteiger partial charge in [-0.2, -0.15) is 0 Å². The van der Waals surface area contributed by atoms with Gasteiger partial charge in [-0.05, 0) is 57.2 Å². The SMILES string of the molecule is NC(CC1(CN2CCC(N3CCCC3)C2)CC1)=NO. The molecule has 5 heteroatoms. The van der Waals surface area contributed by atoms with Crippen molar-refractivity contribution in [3.63, 3.8) is 0 Å². The first-order valence-corrected chi connectivity index (χ1v) is 7.64. The van der Waals surface area contributed by atoms with Crippen molar-refractivity contribution in [3.05, 3.63) is 0 Å². The number of likely N-dealkylation sites (tertiary alicyclic amines) is 2. The Kier molecular flexibility index (Phi) is 3.67. The summed E-state index contributed by atoms with van der Waals surface area (Å²) < 4.78 is 0. The fourth-order valence-corrected chi connectivity index (χ4v) is 3.82. The van der Waals surface area contributed by atoms with Gasteiger partial charge in [-0.25, -0.2) is 0 Å². The van der Waals surface area contributed by atoms with E-state index < -0.39 is 0 Å². The Morgan fingerprint density at radius 1 is 1.26 bits per heavy atom. The smallest absolute Gasteiger partial charge is 0.139 e. The third kappa shape index (κ3) is 3.03. The average Bonchev–Trinajstić information content (AvgIpc) is 2.87. The second-order valence-electron chi connectivity index (χ2n) is 6.69.